The molecule has 4 aromatic rings. The van der Waals surface area contributed by atoms with Crippen LogP contribution in [-0.4, -0.2) is 49.0 Å². The maximum atomic E-state index is 14.1. The van der Waals surface area contributed by atoms with Crippen LogP contribution in [0.15, 0.2) is 48.9 Å². The second kappa shape index (κ2) is 11.6. The van der Waals surface area contributed by atoms with Gasteiger partial charge in [-0.3, -0.25) is 14.9 Å². The second-order valence-corrected chi connectivity index (χ2v) is 10.6. The van der Waals surface area contributed by atoms with E-state index < -0.39 is 30.4 Å². The number of carbonyl (C=O) groups excluding carboxylic acids is 1. The van der Waals surface area contributed by atoms with E-state index in [1.54, 1.807) is 59.8 Å². The van der Waals surface area contributed by atoms with Gasteiger partial charge in [-0.25, -0.2) is 4.79 Å². The third-order valence-corrected chi connectivity index (χ3v) is 7.43. The predicted molar refractivity (Wildman–Crippen MR) is 148 cm³/mol. The normalized spacial score (nSPS) is 14.8. The summed E-state index contributed by atoms with van der Waals surface area (Å²) in [6, 6.07) is 7.90. The summed E-state index contributed by atoms with van der Waals surface area (Å²) in [5.74, 6) is -2.01. The van der Waals surface area contributed by atoms with Crippen molar-refractivity contribution >= 4 is 23.4 Å². The number of rotatable bonds is 9. The lowest BCUT2D eigenvalue weighted by Gasteiger charge is -2.27. The summed E-state index contributed by atoms with van der Waals surface area (Å²) >= 11 is 6.13. The first-order valence-electron chi connectivity index (χ1n) is 13.2. The van der Waals surface area contributed by atoms with Gasteiger partial charge in [0.15, 0.2) is 18.1 Å². The Hall–Kier alpha value is -4.52. The first-order chi connectivity index (χ1) is 20.3. The number of nitrogens with one attached hydrogen (secondary N) is 1. The molecule has 14 heteroatoms. The number of ether oxygens (including phenoxy) is 2. The molecule has 0 amide bonds. The molecule has 0 radical (unpaired) electrons. The molecule has 43 heavy (non-hydrogen) atoms. The van der Waals surface area contributed by atoms with Crippen LogP contribution >= 0.6 is 11.6 Å². The number of imidazole rings is 1. The lowest BCUT2D eigenvalue weighted by Crippen LogP contribution is -2.30. The van der Waals surface area contributed by atoms with Crippen LogP contribution in [0.1, 0.15) is 34.1 Å². The highest BCUT2D eigenvalue weighted by Gasteiger charge is 2.40. The Balaban J connectivity index is 1.56. The molecule has 226 valence electrons. The number of hydrogen-bond acceptors (Lipinski definition) is 6. The summed E-state index contributed by atoms with van der Waals surface area (Å²) in [6.07, 6.45) is 0.0741. The Kier molecular flexibility index (Phi) is 8.10. The van der Waals surface area contributed by atoms with Gasteiger partial charge in [0.25, 0.3) is 0 Å². The van der Waals surface area contributed by atoms with E-state index in [4.69, 9.17) is 31.6 Å². The van der Waals surface area contributed by atoms with Gasteiger partial charge in [0.2, 0.25) is 5.62 Å². The molecule has 0 spiro atoms. The summed E-state index contributed by atoms with van der Waals surface area (Å²) in [5.41, 5.74) is 0.221. The Labute approximate surface area is 248 Å². The highest BCUT2D eigenvalue weighted by Crippen LogP contribution is 2.44. The number of Topliss-reactive ketones (excluding diaryl/α,β-unsaturated/α-hetero) is 1. The Morgan fingerprint density at radius 3 is 2.58 bits per heavy atom. The number of ketones is 1. The number of alkyl halides is 3. The van der Waals surface area contributed by atoms with E-state index in [9.17, 15) is 22.8 Å². The molecule has 2 aromatic carbocycles. The fourth-order valence-corrected chi connectivity index (χ4v) is 5.17. The average Bonchev–Trinajstić information content (AvgIpc) is 3.54. The molecule has 1 unspecified atom stereocenters. The topological polar surface area (TPSA) is 124 Å². The molecule has 10 nitrogen and oxygen atoms in total. The van der Waals surface area contributed by atoms with Crippen molar-refractivity contribution in [2.75, 3.05) is 13.2 Å². The summed E-state index contributed by atoms with van der Waals surface area (Å²) in [4.78, 5) is 24.8. The predicted octanol–water partition coefficient (Wildman–Crippen LogP) is 4.81. The van der Waals surface area contributed by atoms with Gasteiger partial charge in [-0.2, -0.15) is 18.3 Å². The molecule has 1 aliphatic heterocycles. The van der Waals surface area contributed by atoms with Crippen LogP contribution < -0.4 is 15.1 Å². The molecule has 0 fully saturated rings. The first kappa shape index (κ1) is 30.0. The number of benzene rings is 2. The molecular weight excluding hydrogens is 591 g/mol. The minimum absolute atomic E-state index is 0.0388. The van der Waals surface area contributed by atoms with Crippen LogP contribution in [0, 0.1) is 11.3 Å². The number of carboxylic acid groups (broad SMARTS) is 1. The standard InChI is InChI=1S/C29H27ClF3N5O5/c1-3-38-13-21(27(35-38)29(31,32)33)19-9-17(12-37-7-6-36(2)28(37)34)10-20-25(41)18(14-43-26(19)20)8-16-4-5-22(30)23(11-16)42-15-24(39)40/h4-7,9-11,13,18,34H,3,8,12,14-15H2,1-2H3,(H,39,40). The van der Waals surface area contributed by atoms with E-state index in [1.165, 1.54) is 16.9 Å². The van der Waals surface area contributed by atoms with E-state index >= 15 is 0 Å². The van der Waals surface area contributed by atoms with Crippen molar-refractivity contribution in [3.05, 3.63) is 81.9 Å². The van der Waals surface area contributed by atoms with Crippen molar-refractivity contribution in [3.63, 3.8) is 0 Å². The van der Waals surface area contributed by atoms with Crippen LogP contribution in [0.2, 0.25) is 5.02 Å². The van der Waals surface area contributed by atoms with E-state index in [0.717, 1.165) is 0 Å². The van der Waals surface area contributed by atoms with Gasteiger partial charge in [-0.15, -0.1) is 0 Å². The maximum absolute atomic E-state index is 14.1. The Bertz CT molecular complexity index is 1770. The fraction of sp³-hybridized carbons (Fsp3) is 0.310. The van der Waals surface area contributed by atoms with Gasteiger partial charge in [-0.05, 0) is 48.7 Å². The SMILES string of the molecule is CCn1cc(-c2cc(Cn3ccn(C)c3=N)cc3c2OCC(Cc2ccc(Cl)c(OCC(=O)O)c2)C3=O)c(C(F)(F)F)n1. The van der Waals surface area contributed by atoms with Crippen LogP contribution in [0.5, 0.6) is 11.5 Å². The lowest BCUT2D eigenvalue weighted by molar-refractivity contribution is -0.141. The molecule has 2 aromatic heterocycles. The number of aromatic nitrogens is 4. The van der Waals surface area contributed by atoms with E-state index in [-0.39, 0.29) is 70.7 Å². The van der Waals surface area contributed by atoms with Gasteiger partial charge in [0.05, 0.1) is 29.7 Å². The van der Waals surface area contributed by atoms with Crippen molar-refractivity contribution < 1.29 is 37.3 Å². The smallest absolute Gasteiger partial charge is 0.435 e. The van der Waals surface area contributed by atoms with Crippen LogP contribution in [0.3, 0.4) is 0 Å². The molecular formula is C29H27ClF3N5O5. The maximum Gasteiger partial charge on any atom is 0.435 e. The van der Waals surface area contributed by atoms with Crippen molar-refractivity contribution in [2.24, 2.45) is 13.0 Å². The highest BCUT2D eigenvalue weighted by atomic mass is 35.5. The molecule has 0 bridgehead atoms. The highest BCUT2D eigenvalue weighted by molar-refractivity contribution is 6.32. The number of aliphatic carboxylic acids is 1. The van der Waals surface area contributed by atoms with Gasteiger partial charge in [0.1, 0.15) is 11.5 Å². The molecule has 0 aliphatic carbocycles. The van der Waals surface area contributed by atoms with Crippen molar-refractivity contribution in [3.8, 4) is 22.6 Å². The van der Waals surface area contributed by atoms with Crippen molar-refractivity contribution in [2.45, 2.75) is 32.6 Å². The van der Waals surface area contributed by atoms with Gasteiger partial charge < -0.3 is 23.7 Å². The zero-order valence-corrected chi connectivity index (χ0v) is 23.9. The Morgan fingerprint density at radius 2 is 1.93 bits per heavy atom. The number of aryl methyl sites for hydroxylation is 2. The number of nitrogens with zero attached hydrogens (tertiary/aromatic N) is 4. The molecule has 2 N–H and O–H groups in total. The molecule has 1 aliphatic rings. The minimum atomic E-state index is -4.75. The first-order valence-corrected chi connectivity index (χ1v) is 13.6. The third-order valence-electron chi connectivity index (χ3n) is 7.12. The summed E-state index contributed by atoms with van der Waals surface area (Å²) in [6.45, 7) is 1.31. The Morgan fingerprint density at radius 1 is 1.19 bits per heavy atom. The van der Waals surface area contributed by atoms with Gasteiger partial charge >= 0.3 is 12.1 Å². The summed E-state index contributed by atoms with van der Waals surface area (Å²) in [7, 11) is 1.70. The lowest BCUT2D eigenvalue weighted by atomic mass is 9.86. The van der Waals surface area contributed by atoms with Crippen LogP contribution in [-0.2, 0) is 37.5 Å². The second-order valence-electron chi connectivity index (χ2n) is 10.1. The van der Waals surface area contributed by atoms with Crippen molar-refractivity contribution in [1.82, 2.24) is 18.9 Å². The van der Waals surface area contributed by atoms with Gasteiger partial charge in [0, 0.05) is 43.3 Å². The average molecular weight is 618 g/mol. The minimum Gasteiger partial charge on any atom is -0.491 e. The zero-order valence-electron chi connectivity index (χ0n) is 23.1. The van der Waals surface area contributed by atoms with Gasteiger partial charge in [-0.1, -0.05) is 17.7 Å². The largest absolute Gasteiger partial charge is 0.491 e. The molecule has 5 rings (SSSR count). The van der Waals surface area contributed by atoms with Crippen molar-refractivity contribution in [1.29, 1.82) is 5.41 Å². The quantitative estimate of drug-likeness (QED) is 0.278. The number of hydrogen-bond donors (Lipinski definition) is 2. The number of carboxylic acids is 1. The molecule has 0 saturated heterocycles. The number of halogens is 4. The van der Waals surface area contributed by atoms with E-state index in [2.05, 4.69) is 5.10 Å². The van der Waals surface area contributed by atoms with E-state index in [0.29, 0.717) is 11.1 Å². The van der Waals surface area contributed by atoms with Crippen LogP contribution in [0.4, 0.5) is 13.2 Å². The third kappa shape index (κ3) is 6.17. The zero-order chi connectivity index (χ0) is 31.1. The monoisotopic (exact) mass is 617 g/mol. The summed E-state index contributed by atoms with van der Waals surface area (Å²) < 4.78 is 57.9. The molecule has 3 heterocycles. The van der Waals surface area contributed by atoms with Crippen LogP contribution in [0.25, 0.3) is 11.1 Å². The van der Waals surface area contributed by atoms with E-state index in [1.807, 2.05) is 0 Å². The number of carbonyl (C=O) groups is 2. The summed E-state index contributed by atoms with van der Waals surface area (Å²) in [5, 5.41) is 21.2. The molecule has 1 atom stereocenters. The number of fused-ring (bicyclic) bond motifs is 1. The molecule has 0 saturated carbocycles. The fourth-order valence-electron chi connectivity index (χ4n) is 5.00.